The fraction of sp³-hybridized carbons (Fsp3) is 0.300. The summed E-state index contributed by atoms with van der Waals surface area (Å²) >= 11 is 6.58. The zero-order valence-electron chi connectivity index (χ0n) is 7.59. The normalized spacial score (nSPS) is 9.86. The van der Waals surface area contributed by atoms with E-state index in [1.54, 1.807) is 0 Å². The lowest BCUT2D eigenvalue weighted by Gasteiger charge is -2.03. The van der Waals surface area contributed by atoms with E-state index in [0.29, 0.717) is 18.3 Å². The maximum absolute atomic E-state index is 11.1. The summed E-state index contributed by atoms with van der Waals surface area (Å²) in [6, 6.07) is 7.90. The molecule has 0 aromatic heterocycles. The molecule has 0 radical (unpaired) electrons. The van der Waals surface area contributed by atoms with Crippen LogP contribution in [0.15, 0.2) is 28.7 Å². The number of hydrogen-bond acceptors (Lipinski definition) is 1. The Balaban J connectivity index is 2.38. The van der Waals surface area contributed by atoms with Crippen molar-refractivity contribution in [1.29, 1.82) is 0 Å². The number of amides is 1. The molecule has 4 heteroatoms. The smallest absolute Gasteiger partial charge is 0.221 e. The van der Waals surface area contributed by atoms with E-state index >= 15 is 0 Å². The summed E-state index contributed by atoms with van der Waals surface area (Å²) < 4.78 is 1.05. The summed E-state index contributed by atoms with van der Waals surface area (Å²) in [4.78, 5) is 11.1. The molecule has 0 aliphatic rings. The van der Waals surface area contributed by atoms with E-state index in [-0.39, 0.29) is 5.91 Å². The largest absolute Gasteiger partial charge is 0.352 e. The first-order valence-corrected chi connectivity index (χ1v) is 6.21. The third-order valence-electron chi connectivity index (χ3n) is 1.72. The van der Waals surface area contributed by atoms with Crippen molar-refractivity contribution in [3.8, 4) is 0 Å². The molecular formula is C10H11Br2NO. The summed E-state index contributed by atoms with van der Waals surface area (Å²) in [5.74, 6) is 0.0739. The van der Waals surface area contributed by atoms with Gasteiger partial charge in [0.15, 0.2) is 0 Å². The van der Waals surface area contributed by atoms with Crippen molar-refractivity contribution in [2.45, 2.75) is 13.0 Å². The van der Waals surface area contributed by atoms with E-state index in [4.69, 9.17) is 0 Å². The molecule has 0 saturated heterocycles. The fourth-order valence-corrected chi connectivity index (χ4v) is 1.60. The molecular weight excluding hydrogens is 310 g/mol. The molecule has 0 spiro atoms. The minimum Gasteiger partial charge on any atom is -0.352 e. The highest BCUT2D eigenvalue weighted by Gasteiger charge is 1.99. The summed E-state index contributed by atoms with van der Waals surface area (Å²) in [6.45, 7) is 0.596. The standard InChI is InChI=1S/C10H11Br2NO/c11-6-5-10(14)13-7-8-1-3-9(12)4-2-8/h1-4H,5-7H2,(H,13,14). The molecule has 0 fully saturated rings. The van der Waals surface area contributed by atoms with Gasteiger partial charge in [0, 0.05) is 22.8 Å². The Morgan fingerprint density at radius 3 is 2.50 bits per heavy atom. The Morgan fingerprint density at radius 2 is 1.93 bits per heavy atom. The van der Waals surface area contributed by atoms with E-state index in [0.717, 1.165) is 10.0 Å². The van der Waals surface area contributed by atoms with Crippen LogP contribution in [0.2, 0.25) is 0 Å². The Bertz CT molecular complexity index is 297. The number of alkyl halides is 1. The third kappa shape index (κ3) is 4.24. The van der Waals surface area contributed by atoms with Crippen molar-refractivity contribution in [1.82, 2.24) is 5.32 Å². The van der Waals surface area contributed by atoms with Gasteiger partial charge in [-0.2, -0.15) is 0 Å². The molecule has 76 valence electrons. The second-order valence-electron chi connectivity index (χ2n) is 2.84. The van der Waals surface area contributed by atoms with Crippen molar-refractivity contribution >= 4 is 37.8 Å². The predicted octanol–water partition coefficient (Wildman–Crippen LogP) is 2.85. The van der Waals surface area contributed by atoms with Crippen LogP contribution in [0, 0.1) is 0 Å². The minimum atomic E-state index is 0.0739. The van der Waals surface area contributed by atoms with Crippen LogP contribution in [-0.2, 0) is 11.3 Å². The van der Waals surface area contributed by atoms with E-state index < -0.39 is 0 Å². The van der Waals surface area contributed by atoms with Crippen LogP contribution in [0.3, 0.4) is 0 Å². The van der Waals surface area contributed by atoms with Crippen LogP contribution in [0.1, 0.15) is 12.0 Å². The fourth-order valence-electron chi connectivity index (χ4n) is 0.977. The maximum atomic E-state index is 11.1. The Labute approximate surface area is 100 Å². The Morgan fingerprint density at radius 1 is 1.29 bits per heavy atom. The van der Waals surface area contributed by atoms with Crippen LogP contribution in [0.5, 0.6) is 0 Å². The average Bonchev–Trinajstić information content (AvgIpc) is 2.17. The van der Waals surface area contributed by atoms with Gasteiger partial charge >= 0.3 is 0 Å². The van der Waals surface area contributed by atoms with Gasteiger partial charge in [0.05, 0.1) is 0 Å². The zero-order valence-corrected chi connectivity index (χ0v) is 10.8. The summed E-state index contributed by atoms with van der Waals surface area (Å²) in [5.41, 5.74) is 1.11. The lowest BCUT2D eigenvalue weighted by molar-refractivity contribution is -0.120. The molecule has 0 unspecified atom stereocenters. The quantitative estimate of drug-likeness (QED) is 0.849. The molecule has 0 heterocycles. The second kappa shape index (κ2) is 6.19. The van der Waals surface area contributed by atoms with Crippen LogP contribution < -0.4 is 5.32 Å². The molecule has 1 aromatic carbocycles. The first-order chi connectivity index (χ1) is 6.72. The van der Waals surface area contributed by atoms with E-state index in [1.165, 1.54) is 0 Å². The molecule has 0 saturated carbocycles. The number of nitrogens with one attached hydrogen (secondary N) is 1. The first kappa shape index (κ1) is 11.7. The molecule has 1 aromatic rings. The molecule has 1 N–H and O–H groups in total. The molecule has 1 amide bonds. The maximum Gasteiger partial charge on any atom is 0.221 e. The number of hydrogen-bond donors (Lipinski definition) is 1. The number of rotatable bonds is 4. The van der Waals surface area contributed by atoms with Gasteiger partial charge in [0.1, 0.15) is 0 Å². The SMILES string of the molecule is O=C(CCBr)NCc1ccc(Br)cc1. The lowest BCUT2D eigenvalue weighted by atomic mass is 10.2. The Hall–Kier alpha value is -0.350. The number of carbonyl (C=O) groups excluding carboxylic acids is 1. The van der Waals surface area contributed by atoms with Gasteiger partial charge in [-0.05, 0) is 17.7 Å². The highest BCUT2D eigenvalue weighted by molar-refractivity contribution is 9.10. The van der Waals surface area contributed by atoms with Crippen molar-refractivity contribution < 1.29 is 4.79 Å². The number of carbonyl (C=O) groups is 1. The van der Waals surface area contributed by atoms with Gasteiger partial charge in [-0.1, -0.05) is 44.0 Å². The molecule has 1 rings (SSSR count). The van der Waals surface area contributed by atoms with Crippen LogP contribution in [0.25, 0.3) is 0 Å². The van der Waals surface area contributed by atoms with E-state index in [9.17, 15) is 4.79 Å². The second-order valence-corrected chi connectivity index (χ2v) is 4.55. The predicted molar refractivity (Wildman–Crippen MR) is 64.4 cm³/mol. The summed E-state index contributed by atoms with van der Waals surface area (Å²) in [5, 5.41) is 3.54. The number of halogens is 2. The average molecular weight is 321 g/mol. The molecule has 0 atom stereocenters. The van der Waals surface area contributed by atoms with Gasteiger partial charge in [0.2, 0.25) is 5.91 Å². The van der Waals surface area contributed by atoms with E-state index in [1.807, 2.05) is 24.3 Å². The molecule has 0 aliphatic heterocycles. The molecule has 0 bridgehead atoms. The van der Waals surface area contributed by atoms with Gasteiger partial charge < -0.3 is 5.32 Å². The lowest BCUT2D eigenvalue weighted by Crippen LogP contribution is -2.22. The third-order valence-corrected chi connectivity index (χ3v) is 2.65. The van der Waals surface area contributed by atoms with Gasteiger partial charge in [-0.15, -0.1) is 0 Å². The van der Waals surface area contributed by atoms with Gasteiger partial charge in [-0.25, -0.2) is 0 Å². The number of benzene rings is 1. The summed E-state index contributed by atoms with van der Waals surface area (Å²) in [6.07, 6.45) is 0.524. The monoisotopic (exact) mass is 319 g/mol. The molecule has 0 aliphatic carbocycles. The van der Waals surface area contributed by atoms with Crippen molar-refractivity contribution in [2.75, 3.05) is 5.33 Å². The van der Waals surface area contributed by atoms with E-state index in [2.05, 4.69) is 37.2 Å². The van der Waals surface area contributed by atoms with Crippen LogP contribution in [-0.4, -0.2) is 11.2 Å². The van der Waals surface area contributed by atoms with Crippen molar-refractivity contribution in [3.05, 3.63) is 34.3 Å². The molecule has 2 nitrogen and oxygen atoms in total. The van der Waals surface area contributed by atoms with Crippen LogP contribution >= 0.6 is 31.9 Å². The Kier molecular flexibility index (Phi) is 5.19. The topological polar surface area (TPSA) is 29.1 Å². The van der Waals surface area contributed by atoms with Crippen LogP contribution in [0.4, 0.5) is 0 Å². The van der Waals surface area contributed by atoms with Gasteiger partial charge in [0.25, 0.3) is 0 Å². The van der Waals surface area contributed by atoms with Crippen molar-refractivity contribution in [2.24, 2.45) is 0 Å². The van der Waals surface area contributed by atoms with Gasteiger partial charge in [-0.3, -0.25) is 4.79 Å². The highest BCUT2D eigenvalue weighted by Crippen LogP contribution is 2.10. The van der Waals surface area contributed by atoms with Crippen molar-refractivity contribution in [3.63, 3.8) is 0 Å². The minimum absolute atomic E-state index is 0.0739. The molecule has 14 heavy (non-hydrogen) atoms. The summed E-state index contributed by atoms with van der Waals surface area (Å²) in [7, 11) is 0. The zero-order chi connectivity index (χ0) is 10.4. The highest BCUT2D eigenvalue weighted by atomic mass is 79.9. The first-order valence-electron chi connectivity index (χ1n) is 4.29.